The highest BCUT2D eigenvalue weighted by Crippen LogP contribution is 2.17. The third-order valence-corrected chi connectivity index (χ3v) is 4.96. The minimum absolute atomic E-state index is 0.112. The number of non-ortho nitro benzene ring substituents is 1. The largest absolute Gasteiger partial charge is 0.457 e. The lowest BCUT2D eigenvalue weighted by Gasteiger charge is -2.07. The molecule has 0 bridgehead atoms. The van der Waals surface area contributed by atoms with E-state index in [2.05, 4.69) is 5.32 Å². The number of carbonyl (C=O) groups is 4. The zero-order chi connectivity index (χ0) is 26.1. The van der Waals surface area contributed by atoms with Crippen molar-refractivity contribution in [2.75, 3.05) is 11.9 Å². The number of aryl methyl sites for hydroxylation is 1. The molecular formula is C26H22N2O8. The van der Waals surface area contributed by atoms with Gasteiger partial charge in [-0.3, -0.25) is 24.5 Å². The first-order valence-corrected chi connectivity index (χ1v) is 10.8. The van der Waals surface area contributed by atoms with Crippen LogP contribution >= 0.6 is 0 Å². The molecule has 36 heavy (non-hydrogen) atoms. The Hall–Kier alpha value is -4.86. The van der Waals surface area contributed by atoms with E-state index in [0.717, 1.165) is 5.56 Å². The van der Waals surface area contributed by atoms with Gasteiger partial charge in [-0.1, -0.05) is 17.7 Å². The maximum atomic E-state index is 12.3. The molecule has 3 aromatic carbocycles. The quantitative estimate of drug-likeness (QED) is 0.146. The third-order valence-electron chi connectivity index (χ3n) is 4.96. The third kappa shape index (κ3) is 7.59. The van der Waals surface area contributed by atoms with Crippen LogP contribution in [0.3, 0.4) is 0 Å². The minimum Gasteiger partial charge on any atom is -0.457 e. The Labute approximate surface area is 206 Å². The van der Waals surface area contributed by atoms with Gasteiger partial charge >= 0.3 is 11.9 Å². The van der Waals surface area contributed by atoms with Crippen molar-refractivity contribution >= 4 is 35.0 Å². The minimum atomic E-state index is -0.731. The average Bonchev–Trinajstić information content (AvgIpc) is 2.87. The first-order chi connectivity index (χ1) is 17.2. The Morgan fingerprint density at radius 3 is 2.06 bits per heavy atom. The van der Waals surface area contributed by atoms with Crippen molar-refractivity contribution in [2.24, 2.45) is 0 Å². The van der Waals surface area contributed by atoms with Gasteiger partial charge in [0.2, 0.25) is 5.91 Å². The zero-order valence-electron chi connectivity index (χ0n) is 19.3. The molecule has 0 aliphatic heterocycles. The van der Waals surface area contributed by atoms with Crippen LogP contribution in [-0.2, 0) is 14.3 Å². The van der Waals surface area contributed by atoms with Crippen LogP contribution in [0.2, 0.25) is 0 Å². The lowest BCUT2D eigenvalue weighted by Crippen LogP contribution is -2.17. The van der Waals surface area contributed by atoms with Crippen LogP contribution in [0.5, 0.6) is 5.75 Å². The first kappa shape index (κ1) is 25.8. The predicted molar refractivity (Wildman–Crippen MR) is 129 cm³/mol. The summed E-state index contributed by atoms with van der Waals surface area (Å²) in [7, 11) is 0. The van der Waals surface area contributed by atoms with Gasteiger partial charge in [-0.05, 0) is 55.5 Å². The molecule has 0 spiro atoms. The van der Waals surface area contributed by atoms with Crippen LogP contribution < -0.4 is 10.1 Å². The standard InChI is InChI=1S/C26H22N2O8/c1-17-2-4-19(5-3-17)26(32)36-22-12-6-18(7-13-22)23(29)16-35-25(31)15-14-24(30)27-20-8-10-21(11-9-20)28(33)34/h2-13H,14-16H2,1H3,(H,27,30). The molecule has 10 nitrogen and oxygen atoms in total. The van der Waals surface area contributed by atoms with Gasteiger partial charge in [-0.2, -0.15) is 0 Å². The number of hydrogen-bond acceptors (Lipinski definition) is 8. The summed E-state index contributed by atoms with van der Waals surface area (Å²) in [5.74, 6) is -1.95. The summed E-state index contributed by atoms with van der Waals surface area (Å²) in [6.45, 7) is 1.40. The van der Waals surface area contributed by atoms with Crippen LogP contribution in [0.15, 0.2) is 72.8 Å². The molecule has 3 rings (SSSR count). The molecule has 0 saturated heterocycles. The molecule has 0 radical (unpaired) electrons. The molecule has 0 heterocycles. The van der Waals surface area contributed by atoms with E-state index in [0.29, 0.717) is 11.3 Å². The van der Waals surface area contributed by atoms with Crippen molar-refractivity contribution in [1.29, 1.82) is 0 Å². The molecule has 1 N–H and O–H groups in total. The number of esters is 2. The van der Waals surface area contributed by atoms with Crippen molar-refractivity contribution in [3.05, 3.63) is 99.6 Å². The van der Waals surface area contributed by atoms with Crippen LogP contribution in [0, 0.1) is 17.0 Å². The fourth-order valence-electron chi connectivity index (χ4n) is 2.97. The summed E-state index contributed by atoms with van der Waals surface area (Å²) in [6, 6.07) is 18.0. The summed E-state index contributed by atoms with van der Waals surface area (Å²) in [6.07, 6.45) is -0.439. The van der Waals surface area contributed by atoms with E-state index >= 15 is 0 Å². The summed E-state index contributed by atoms with van der Waals surface area (Å²) in [5.41, 5.74) is 1.91. The maximum absolute atomic E-state index is 12.3. The summed E-state index contributed by atoms with van der Waals surface area (Å²) < 4.78 is 10.2. The molecule has 0 atom stereocenters. The second-order valence-corrected chi connectivity index (χ2v) is 7.72. The van der Waals surface area contributed by atoms with Crippen molar-refractivity contribution in [2.45, 2.75) is 19.8 Å². The van der Waals surface area contributed by atoms with E-state index in [4.69, 9.17) is 9.47 Å². The number of ether oxygens (including phenoxy) is 2. The second kappa shape index (κ2) is 12.0. The molecule has 3 aromatic rings. The van der Waals surface area contributed by atoms with Crippen LogP contribution in [0.1, 0.15) is 39.1 Å². The number of nitrogens with one attached hydrogen (secondary N) is 1. The zero-order valence-corrected chi connectivity index (χ0v) is 19.3. The molecule has 0 aliphatic rings. The number of nitrogens with zero attached hydrogens (tertiary/aromatic N) is 1. The Morgan fingerprint density at radius 2 is 1.44 bits per heavy atom. The number of anilines is 1. The van der Waals surface area contributed by atoms with E-state index in [-0.39, 0.29) is 29.8 Å². The lowest BCUT2D eigenvalue weighted by molar-refractivity contribution is -0.384. The smallest absolute Gasteiger partial charge is 0.343 e. The lowest BCUT2D eigenvalue weighted by atomic mass is 10.1. The normalized spacial score (nSPS) is 10.2. The van der Waals surface area contributed by atoms with Gasteiger partial charge < -0.3 is 14.8 Å². The number of hydrogen-bond donors (Lipinski definition) is 1. The SMILES string of the molecule is Cc1ccc(C(=O)Oc2ccc(C(=O)COC(=O)CCC(=O)Nc3ccc([N+](=O)[O-])cc3)cc2)cc1. The molecule has 184 valence electrons. The average molecular weight is 490 g/mol. The second-order valence-electron chi connectivity index (χ2n) is 7.72. The number of benzene rings is 3. The monoisotopic (exact) mass is 490 g/mol. The maximum Gasteiger partial charge on any atom is 0.343 e. The van der Waals surface area contributed by atoms with E-state index in [1.165, 1.54) is 48.5 Å². The molecule has 0 fully saturated rings. The van der Waals surface area contributed by atoms with Gasteiger partial charge in [-0.25, -0.2) is 4.79 Å². The fourth-order valence-corrected chi connectivity index (χ4v) is 2.97. The van der Waals surface area contributed by atoms with Crippen molar-refractivity contribution in [3.63, 3.8) is 0 Å². The van der Waals surface area contributed by atoms with E-state index < -0.39 is 35.2 Å². The Balaban J connectivity index is 1.40. The van der Waals surface area contributed by atoms with Gasteiger partial charge in [-0.15, -0.1) is 0 Å². The van der Waals surface area contributed by atoms with Crippen molar-refractivity contribution < 1.29 is 33.6 Å². The number of ketones is 1. The summed E-state index contributed by atoms with van der Waals surface area (Å²) >= 11 is 0. The van der Waals surface area contributed by atoms with Crippen molar-refractivity contribution in [1.82, 2.24) is 0 Å². The number of Topliss-reactive ketones (excluding diaryl/α,β-unsaturated/α-hetero) is 1. The Kier molecular flexibility index (Phi) is 8.60. The van der Waals surface area contributed by atoms with E-state index in [1.54, 1.807) is 24.3 Å². The van der Waals surface area contributed by atoms with E-state index in [1.807, 2.05) is 6.92 Å². The summed E-state index contributed by atoms with van der Waals surface area (Å²) in [5, 5.41) is 13.2. The number of rotatable bonds is 10. The molecule has 10 heteroatoms. The van der Waals surface area contributed by atoms with Gasteiger partial charge in [0.1, 0.15) is 5.75 Å². The summed E-state index contributed by atoms with van der Waals surface area (Å²) in [4.78, 5) is 58.4. The number of carbonyl (C=O) groups excluding carboxylic acids is 4. The van der Waals surface area contributed by atoms with Crippen LogP contribution in [-0.4, -0.2) is 35.2 Å². The molecule has 1 amide bonds. The van der Waals surface area contributed by atoms with Crippen LogP contribution in [0.25, 0.3) is 0 Å². The predicted octanol–water partition coefficient (Wildman–Crippen LogP) is 4.27. The van der Waals surface area contributed by atoms with Gasteiger partial charge in [0.15, 0.2) is 12.4 Å². The van der Waals surface area contributed by atoms with E-state index in [9.17, 15) is 29.3 Å². The van der Waals surface area contributed by atoms with Gasteiger partial charge in [0, 0.05) is 29.8 Å². The highest BCUT2D eigenvalue weighted by Gasteiger charge is 2.14. The molecule has 0 unspecified atom stereocenters. The molecular weight excluding hydrogens is 468 g/mol. The highest BCUT2D eigenvalue weighted by molar-refractivity contribution is 5.98. The van der Waals surface area contributed by atoms with Gasteiger partial charge in [0.25, 0.3) is 5.69 Å². The molecule has 0 aromatic heterocycles. The topological polar surface area (TPSA) is 142 Å². The van der Waals surface area contributed by atoms with Gasteiger partial charge in [0.05, 0.1) is 16.9 Å². The fraction of sp³-hybridized carbons (Fsp3) is 0.154. The highest BCUT2D eigenvalue weighted by atomic mass is 16.6. The number of nitro benzene ring substituents is 1. The molecule has 0 saturated carbocycles. The number of nitro groups is 1. The van der Waals surface area contributed by atoms with Crippen LogP contribution in [0.4, 0.5) is 11.4 Å². The number of amides is 1. The Morgan fingerprint density at radius 1 is 0.833 bits per heavy atom. The van der Waals surface area contributed by atoms with Crippen molar-refractivity contribution in [3.8, 4) is 5.75 Å². The molecule has 0 aliphatic carbocycles. The Bertz CT molecular complexity index is 1270. The first-order valence-electron chi connectivity index (χ1n) is 10.8.